The quantitative estimate of drug-likeness (QED) is 0.791. The highest BCUT2D eigenvalue weighted by molar-refractivity contribution is 5.81. The number of rotatable bonds is 2. The van der Waals surface area contributed by atoms with Gasteiger partial charge >= 0.3 is 12.1 Å². The van der Waals surface area contributed by atoms with Crippen molar-refractivity contribution in [3.63, 3.8) is 0 Å². The smallest absolute Gasteiger partial charge is 0.421 e. The summed E-state index contributed by atoms with van der Waals surface area (Å²) in [6.45, 7) is 0. The Balaban J connectivity index is 3.61. The van der Waals surface area contributed by atoms with Gasteiger partial charge in [-0.05, 0) is 12.1 Å². The third-order valence-electron chi connectivity index (χ3n) is 2.14. The Morgan fingerprint density at radius 1 is 1.18 bits per heavy atom. The number of hydrogen-bond acceptors (Lipinski definition) is 2. The van der Waals surface area contributed by atoms with E-state index >= 15 is 0 Å². The summed E-state index contributed by atoms with van der Waals surface area (Å²) >= 11 is 0. The summed E-state index contributed by atoms with van der Waals surface area (Å²) in [4.78, 5) is 10.6. The summed E-state index contributed by atoms with van der Waals surface area (Å²) in [7, 11) is 0. The van der Waals surface area contributed by atoms with Crippen molar-refractivity contribution in [1.82, 2.24) is 0 Å². The van der Waals surface area contributed by atoms with E-state index in [-0.39, 0.29) is 0 Å². The summed E-state index contributed by atoms with van der Waals surface area (Å²) < 4.78 is 64.0. The van der Waals surface area contributed by atoms with Crippen LogP contribution in [0, 0.1) is 11.6 Å². The van der Waals surface area contributed by atoms with E-state index in [1.807, 2.05) is 0 Å². The molecule has 1 rings (SSSR count). The van der Waals surface area contributed by atoms with Gasteiger partial charge in [0.2, 0.25) is 5.54 Å². The van der Waals surface area contributed by atoms with Crippen LogP contribution in [-0.2, 0) is 10.3 Å². The number of benzene rings is 1. The van der Waals surface area contributed by atoms with Crippen molar-refractivity contribution in [1.29, 1.82) is 0 Å². The first kappa shape index (κ1) is 13.4. The third kappa shape index (κ3) is 1.95. The SMILES string of the molecule is NC(C(=O)O)(c1c(F)cccc1F)C(F)(F)F. The maximum atomic E-state index is 13.2. The molecule has 3 nitrogen and oxygen atoms in total. The zero-order valence-electron chi connectivity index (χ0n) is 8.05. The fourth-order valence-electron chi connectivity index (χ4n) is 1.24. The summed E-state index contributed by atoms with van der Waals surface area (Å²) in [5.41, 5.74) is -1.22. The van der Waals surface area contributed by atoms with Crippen LogP contribution >= 0.6 is 0 Å². The van der Waals surface area contributed by atoms with Crippen molar-refractivity contribution in [3.8, 4) is 0 Å². The van der Waals surface area contributed by atoms with Crippen molar-refractivity contribution in [2.75, 3.05) is 0 Å². The van der Waals surface area contributed by atoms with Crippen LogP contribution in [0.4, 0.5) is 22.0 Å². The molecule has 0 aliphatic carbocycles. The molecular formula is C9H6F5NO2. The van der Waals surface area contributed by atoms with Gasteiger partial charge in [-0.25, -0.2) is 13.6 Å². The third-order valence-corrected chi connectivity index (χ3v) is 2.14. The Bertz CT molecular complexity index is 439. The van der Waals surface area contributed by atoms with E-state index in [4.69, 9.17) is 5.11 Å². The molecule has 0 aliphatic rings. The number of halogens is 5. The average molecular weight is 255 g/mol. The molecule has 0 heterocycles. The van der Waals surface area contributed by atoms with Crippen LogP contribution in [0.15, 0.2) is 18.2 Å². The molecule has 1 aromatic carbocycles. The highest BCUT2D eigenvalue weighted by Gasteiger charge is 2.61. The molecule has 0 spiro atoms. The summed E-state index contributed by atoms with van der Waals surface area (Å²) in [5.74, 6) is -5.94. The first-order chi connectivity index (χ1) is 7.62. The Kier molecular flexibility index (Phi) is 3.11. The van der Waals surface area contributed by atoms with Gasteiger partial charge in [-0.3, -0.25) is 0 Å². The van der Waals surface area contributed by atoms with Crippen LogP contribution in [0.2, 0.25) is 0 Å². The molecule has 1 atom stereocenters. The second-order valence-corrected chi connectivity index (χ2v) is 3.21. The van der Waals surface area contributed by atoms with Gasteiger partial charge in [-0.15, -0.1) is 0 Å². The van der Waals surface area contributed by atoms with Crippen LogP contribution in [-0.4, -0.2) is 17.3 Å². The fraction of sp³-hybridized carbons (Fsp3) is 0.222. The van der Waals surface area contributed by atoms with Gasteiger partial charge in [-0.2, -0.15) is 13.2 Å². The highest BCUT2D eigenvalue weighted by atomic mass is 19.4. The maximum absolute atomic E-state index is 13.2. The molecule has 0 amide bonds. The second-order valence-electron chi connectivity index (χ2n) is 3.21. The van der Waals surface area contributed by atoms with Crippen LogP contribution in [0.3, 0.4) is 0 Å². The Labute approximate surface area is 91.6 Å². The van der Waals surface area contributed by atoms with Gasteiger partial charge in [-0.1, -0.05) is 6.07 Å². The summed E-state index contributed by atoms with van der Waals surface area (Å²) in [6, 6.07) is 1.79. The number of hydrogen-bond donors (Lipinski definition) is 2. The molecule has 94 valence electrons. The first-order valence-electron chi connectivity index (χ1n) is 4.16. The minimum absolute atomic E-state index is 0.495. The number of carboxylic acids is 1. The molecule has 1 aromatic rings. The van der Waals surface area contributed by atoms with Crippen LogP contribution < -0.4 is 5.73 Å². The van der Waals surface area contributed by atoms with Crippen LogP contribution in [0.25, 0.3) is 0 Å². The summed E-state index contributed by atoms with van der Waals surface area (Å²) in [6.07, 6.45) is -5.54. The molecule has 0 aromatic heterocycles. The number of aliphatic carboxylic acids is 1. The Morgan fingerprint density at radius 3 is 1.88 bits per heavy atom. The molecule has 17 heavy (non-hydrogen) atoms. The minimum Gasteiger partial charge on any atom is -0.479 e. The lowest BCUT2D eigenvalue weighted by atomic mass is 9.89. The number of nitrogens with two attached hydrogens (primary N) is 1. The molecule has 8 heteroatoms. The lowest BCUT2D eigenvalue weighted by molar-refractivity contribution is -0.205. The van der Waals surface area contributed by atoms with Crippen molar-refractivity contribution in [3.05, 3.63) is 35.4 Å². The van der Waals surface area contributed by atoms with E-state index in [0.29, 0.717) is 12.1 Å². The van der Waals surface area contributed by atoms with E-state index in [0.717, 1.165) is 6.07 Å². The minimum atomic E-state index is -5.54. The first-order valence-corrected chi connectivity index (χ1v) is 4.16. The van der Waals surface area contributed by atoms with E-state index in [1.165, 1.54) is 0 Å². The van der Waals surface area contributed by atoms with Gasteiger partial charge in [0.1, 0.15) is 11.6 Å². The van der Waals surface area contributed by atoms with Gasteiger partial charge in [0.05, 0.1) is 5.56 Å². The van der Waals surface area contributed by atoms with Crippen molar-refractivity contribution in [2.24, 2.45) is 5.73 Å². The number of alkyl halides is 3. The van der Waals surface area contributed by atoms with E-state index in [2.05, 4.69) is 5.73 Å². The molecule has 0 aliphatic heterocycles. The average Bonchev–Trinajstić information content (AvgIpc) is 2.14. The van der Waals surface area contributed by atoms with Crippen molar-refractivity contribution in [2.45, 2.75) is 11.7 Å². The van der Waals surface area contributed by atoms with Gasteiger partial charge < -0.3 is 10.8 Å². The molecule has 0 radical (unpaired) electrons. The summed E-state index contributed by atoms with van der Waals surface area (Å²) in [5, 5.41) is 8.49. The molecule has 0 saturated carbocycles. The topological polar surface area (TPSA) is 63.3 Å². The van der Waals surface area contributed by atoms with E-state index < -0.39 is 34.9 Å². The molecule has 0 bridgehead atoms. The van der Waals surface area contributed by atoms with Crippen LogP contribution in [0.5, 0.6) is 0 Å². The lowest BCUT2D eigenvalue weighted by Gasteiger charge is -2.28. The highest BCUT2D eigenvalue weighted by Crippen LogP contribution is 2.39. The number of carboxylic acid groups (broad SMARTS) is 1. The fourth-order valence-corrected chi connectivity index (χ4v) is 1.24. The zero-order valence-corrected chi connectivity index (χ0v) is 8.05. The van der Waals surface area contributed by atoms with E-state index in [9.17, 15) is 26.7 Å². The standard InChI is InChI=1S/C9H6F5NO2/c10-4-2-1-3-5(11)6(4)8(15,7(16)17)9(12,13)14/h1-3H,15H2,(H,16,17). The second kappa shape index (κ2) is 3.95. The van der Waals surface area contributed by atoms with E-state index in [1.54, 1.807) is 0 Å². The van der Waals surface area contributed by atoms with Gasteiger partial charge in [0.15, 0.2) is 0 Å². The molecule has 0 fully saturated rings. The van der Waals surface area contributed by atoms with Crippen molar-refractivity contribution >= 4 is 5.97 Å². The predicted molar refractivity (Wildman–Crippen MR) is 45.9 cm³/mol. The maximum Gasteiger partial charge on any atom is 0.421 e. The zero-order chi connectivity index (χ0) is 13.4. The van der Waals surface area contributed by atoms with Crippen molar-refractivity contribution < 1.29 is 31.9 Å². The molecule has 1 unspecified atom stereocenters. The predicted octanol–water partition coefficient (Wildman–Crippen LogP) is 1.77. The van der Waals surface area contributed by atoms with Gasteiger partial charge in [0.25, 0.3) is 0 Å². The molecule has 3 N–H and O–H groups in total. The largest absolute Gasteiger partial charge is 0.479 e. The molecule has 0 saturated heterocycles. The number of carbonyl (C=O) groups is 1. The Hall–Kier alpha value is -1.70. The Morgan fingerprint density at radius 2 is 1.59 bits per heavy atom. The molecular weight excluding hydrogens is 249 g/mol. The lowest BCUT2D eigenvalue weighted by Crippen LogP contribution is -2.57. The van der Waals surface area contributed by atoms with Crippen LogP contribution in [0.1, 0.15) is 5.56 Å². The van der Waals surface area contributed by atoms with Gasteiger partial charge in [0, 0.05) is 0 Å². The monoisotopic (exact) mass is 255 g/mol. The normalized spacial score (nSPS) is 15.4.